The lowest BCUT2D eigenvalue weighted by molar-refractivity contribution is 0.502. The average Bonchev–Trinajstić information content (AvgIpc) is 2.40. The molecule has 0 bridgehead atoms. The minimum Gasteiger partial charge on any atom is -0.308 e. The number of rotatable bonds is 4. The summed E-state index contributed by atoms with van der Waals surface area (Å²) in [7, 11) is 0. The van der Waals surface area contributed by atoms with Crippen molar-refractivity contribution >= 4 is 0 Å². The second-order valence-electron chi connectivity index (χ2n) is 4.44. The molecule has 0 aliphatic heterocycles. The van der Waals surface area contributed by atoms with Crippen LogP contribution in [-0.4, -0.2) is 15.8 Å². The molecular weight excluding hydrogens is 186 g/mol. The van der Waals surface area contributed by atoms with Gasteiger partial charge in [-0.05, 0) is 27.7 Å². The van der Waals surface area contributed by atoms with Crippen LogP contribution in [0.3, 0.4) is 0 Å². The van der Waals surface area contributed by atoms with Crippen molar-refractivity contribution in [2.24, 2.45) is 0 Å². The Kier molecular flexibility index (Phi) is 3.91. The number of nitrogens with zero attached hydrogens (tertiary/aromatic N) is 2. The molecule has 1 aromatic rings. The molecule has 1 aromatic heterocycles. The molecule has 3 heteroatoms. The highest BCUT2D eigenvalue weighted by molar-refractivity contribution is 5.27. The Morgan fingerprint density at radius 1 is 1.27 bits per heavy atom. The second-order valence-corrected chi connectivity index (χ2v) is 4.44. The third-order valence-corrected chi connectivity index (χ3v) is 2.75. The van der Waals surface area contributed by atoms with Gasteiger partial charge in [-0.1, -0.05) is 13.8 Å². The smallest absolute Gasteiger partial charge is 0.0644 e. The monoisotopic (exact) mass is 209 g/mol. The molecule has 0 amide bonds. The van der Waals surface area contributed by atoms with E-state index in [9.17, 15) is 0 Å². The van der Waals surface area contributed by atoms with E-state index >= 15 is 0 Å². The number of nitrogens with one attached hydrogen (secondary N) is 1. The molecular formula is C12H23N3. The Labute approximate surface area is 92.9 Å². The summed E-state index contributed by atoms with van der Waals surface area (Å²) in [6.45, 7) is 13.9. The average molecular weight is 209 g/mol. The lowest BCUT2D eigenvalue weighted by atomic mass is 10.1. The molecule has 3 nitrogen and oxygen atoms in total. The predicted molar refractivity (Wildman–Crippen MR) is 64.1 cm³/mol. The van der Waals surface area contributed by atoms with E-state index < -0.39 is 0 Å². The van der Waals surface area contributed by atoms with Crippen LogP contribution in [0.2, 0.25) is 0 Å². The Bertz CT molecular complexity index is 326. The molecule has 1 rings (SSSR count). The van der Waals surface area contributed by atoms with E-state index in [0.717, 1.165) is 12.2 Å². The van der Waals surface area contributed by atoms with Gasteiger partial charge in [0.25, 0.3) is 0 Å². The number of aryl methyl sites for hydroxylation is 2. The molecule has 0 aliphatic rings. The zero-order valence-electron chi connectivity index (χ0n) is 10.8. The van der Waals surface area contributed by atoms with Crippen molar-refractivity contribution in [3.8, 4) is 0 Å². The van der Waals surface area contributed by atoms with Gasteiger partial charge in [0.05, 0.1) is 5.69 Å². The van der Waals surface area contributed by atoms with E-state index in [2.05, 4.69) is 56.6 Å². The quantitative estimate of drug-likeness (QED) is 0.826. The fraction of sp³-hybridized carbons (Fsp3) is 0.750. The molecule has 1 atom stereocenters. The largest absolute Gasteiger partial charge is 0.308 e. The standard InChI is InChI=1S/C12H23N3/c1-7-15-11(6)12(10(5)14-15)9(4)13-8(2)3/h8-9,13H,7H2,1-6H3. The Morgan fingerprint density at radius 3 is 2.27 bits per heavy atom. The molecule has 0 fully saturated rings. The molecule has 86 valence electrons. The lowest BCUT2D eigenvalue weighted by Gasteiger charge is -2.17. The summed E-state index contributed by atoms with van der Waals surface area (Å²) in [4.78, 5) is 0. The van der Waals surface area contributed by atoms with Gasteiger partial charge in [-0.15, -0.1) is 0 Å². The topological polar surface area (TPSA) is 29.9 Å². The SMILES string of the molecule is CCn1nc(C)c(C(C)NC(C)C)c1C. The van der Waals surface area contributed by atoms with Gasteiger partial charge in [-0.3, -0.25) is 4.68 Å². The van der Waals surface area contributed by atoms with Crippen molar-refractivity contribution in [1.29, 1.82) is 0 Å². The van der Waals surface area contributed by atoms with E-state index in [0.29, 0.717) is 12.1 Å². The number of hydrogen-bond donors (Lipinski definition) is 1. The van der Waals surface area contributed by atoms with Crippen molar-refractivity contribution in [3.63, 3.8) is 0 Å². The molecule has 1 N–H and O–H groups in total. The van der Waals surface area contributed by atoms with Gasteiger partial charge in [0, 0.05) is 29.9 Å². The Balaban J connectivity index is 2.97. The van der Waals surface area contributed by atoms with Gasteiger partial charge in [-0.25, -0.2) is 0 Å². The van der Waals surface area contributed by atoms with Gasteiger partial charge in [0.15, 0.2) is 0 Å². The van der Waals surface area contributed by atoms with E-state index in [1.807, 2.05) is 0 Å². The van der Waals surface area contributed by atoms with Crippen LogP contribution in [0.4, 0.5) is 0 Å². The Hall–Kier alpha value is -0.830. The predicted octanol–water partition coefficient (Wildman–Crippen LogP) is 2.58. The highest BCUT2D eigenvalue weighted by Gasteiger charge is 2.16. The van der Waals surface area contributed by atoms with E-state index in [1.165, 1.54) is 11.3 Å². The van der Waals surface area contributed by atoms with Crippen molar-refractivity contribution in [2.75, 3.05) is 0 Å². The maximum absolute atomic E-state index is 4.53. The first-order valence-corrected chi connectivity index (χ1v) is 5.77. The molecule has 1 unspecified atom stereocenters. The van der Waals surface area contributed by atoms with Crippen LogP contribution in [0.15, 0.2) is 0 Å². The van der Waals surface area contributed by atoms with Gasteiger partial charge in [-0.2, -0.15) is 5.10 Å². The van der Waals surface area contributed by atoms with Crippen LogP contribution in [0.1, 0.15) is 50.7 Å². The van der Waals surface area contributed by atoms with E-state index in [1.54, 1.807) is 0 Å². The first kappa shape index (κ1) is 12.2. The summed E-state index contributed by atoms with van der Waals surface area (Å²) in [5.41, 5.74) is 3.79. The molecule has 0 saturated carbocycles. The minimum absolute atomic E-state index is 0.380. The zero-order valence-corrected chi connectivity index (χ0v) is 10.8. The van der Waals surface area contributed by atoms with Crippen LogP contribution < -0.4 is 5.32 Å². The fourth-order valence-electron chi connectivity index (χ4n) is 2.23. The summed E-state index contributed by atoms with van der Waals surface area (Å²) < 4.78 is 2.07. The molecule has 0 spiro atoms. The third-order valence-electron chi connectivity index (χ3n) is 2.75. The van der Waals surface area contributed by atoms with Crippen molar-refractivity contribution < 1.29 is 0 Å². The highest BCUT2D eigenvalue weighted by atomic mass is 15.3. The zero-order chi connectivity index (χ0) is 11.6. The number of hydrogen-bond acceptors (Lipinski definition) is 2. The highest BCUT2D eigenvalue weighted by Crippen LogP contribution is 2.21. The van der Waals surface area contributed by atoms with Gasteiger partial charge in [0.1, 0.15) is 0 Å². The second kappa shape index (κ2) is 4.79. The van der Waals surface area contributed by atoms with Crippen LogP contribution >= 0.6 is 0 Å². The van der Waals surface area contributed by atoms with Crippen molar-refractivity contribution in [1.82, 2.24) is 15.1 Å². The van der Waals surface area contributed by atoms with E-state index in [4.69, 9.17) is 0 Å². The Morgan fingerprint density at radius 2 is 1.87 bits per heavy atom. The van der Waals surface area contributed by atoms with Crippen LogP contribution in [0, 0.1) is 13.8 Å². The number of aromatic nitrogens is 2. The van der Waals surface area contributed by atoms with Crippen molar-refractivity contribution in [3.05, 3.63) is 17.0 Å². The normalized spacial score (nSPS) is 13.5. The van der Waals surface area contributed by atoms with E-state index in [-0.39, 0.29) is 0 Å². The molecule has 0 saturated heterocycles. The third kappa shape index (κ3) is 2.59. The molecule has 15 heavy (non-hydrogen) atoms. The maximum atomic E-state index is 4.53. The van der Waals surface area contributed by atoms with Crippen LogP contribution in [0.5, 0.6) is 0 Å². The molecule has 0 aliphatic carbocycles. The maximum Gasteiger partial charge on any atom is 0.0644 e. The summed E-state index contributed by atoms with van der Waals surface area (Å²) in [6, 6.07) is 0.883. The lowest BCUT2D eigenvalue weighted by Crippen LogP contribution is -2.26. The summed E-state index contributed by atoms with van der Waals surface area (Å²) >= 11 is 0. The molecule has 1 heterocycles. The van der Waals surface area contributed by atoms with Crippen LogP contribution in [0.25, 0.3) is 0 Å². The minimum atomic E-state index is 0.380. The van der Waals surface area contributed by atoms with Crippen LogP contribution in [-0.2, 0) is 6.54 Å². The summed E-state index contributed by atoms with van der Waals surface area (Å²) in [5, 5.41) is 8.06. The first-order valence-electron chi connectivity index (χ1n) is 5.77. The van der Waals surface area contributed by atoms with Gasteiger partial charge >= 0.3 is 0 Å². The first-order chi connectivity index (χ1) is 6.97. The molecule has 0 aromatic carbocycles. The summed E-state index contributed by atoms with van der Waals surface area (Å²) in [5.74, 6) is 0. The fourth-order valence-corrected chi connectivity index (χ4v) is 2.23. The molecule has 0 radical (unpaired) electrons. The van der Waals surface area contributed by atoms with Gasteiger partial charge in [0.2, 0.25) is 0 Å². The summed E-state index contributed by atoms with van der Waals surface area (Å²) in [6.07, 6.45) is 0. The van der Waals surface area contributed by atoms with Gasteiger partial charge < -0.3 is 5.32 Å². The van der Waals surface area contributed by atoms with Crippen molar-refractivity contribution in [2.45, 2.75) is 60.2 Å².